The maximum absolute atomic E-state index is 11.4. The Balaban J connectivity index is 2.64. The summed E-state index contributed by atoms with van der Waals surface area (Å²) in [5, 5.41) is 0. The molecule has 1 unspecified atom stereocenters. The fraction of sp³-hybridized carbons (Fsp3) is 0.571. The van der Waals surface area contributed by atoms with Crippen molar-refractivity contribution in [3.05, 3.63) is 29.8 Å². The highest BCUT2D eigenvalue weighted by atomic mass is 32.2. The van der Waals surface area contributed by atoms with Gasteiger partial charge in [0.05, 0.1) is 12.9 Å². The van der Waals surface area contributed by atoms with Crippen LogP contribution >= 0.6 is 0 Å². The monoisotopic (exact) mass is 285 g/mol. The number of ether oxygens (including phenoxy) is 1. The molecule has 0 fully saturated rings. The molecule has 1 aromatic rings. The molecular weight excluding hydrogens is 262 g/mol. The van der Waals surface area contributed by atoms with Crippen LogP contribution in [0.25, 0.3) is 0 Å². The number of nitrogens with two attached hydrogens (primary N) is 1. The van der Waals surface area contributed by atoms with Crippen molar-refractivity contribution in [1.82, 2.24) is 0 Å². The van der Waals surface area contributed by atoms with Crippen LogP contribution in [0, 0.1) is 0 Å². The van der Waals surface area contributed by atoms with Crippen molar-refractivity contribution in [2.75, 3.05) is 18.6 Å². The van der Waals surface area contributed by atoms with Crippen LogP contribution in [0.2, 0.25) is 0 Å². The Hall–Kier alpha value is -1.07. The third kappa shape index (κ3) is 4.84. The SMILES string of the molecule is CCS(=O)(=O)CCCC(C)(N)c1ccc(OC)cc1. The van der Waals surface area contributed by atoms with Crippen molar-refractivity contribution in [3.63, 3.8) is 0 Å². The fourth-order valence-electron chi connectivity index (χ4n) is 1.92. The van der Waals surface area contributed by atoms with E-state index in [1.54, 1.807) is 14.0 Å². The zero-order valence-electron chi connectivity index (χ0n) is 11.8. The molecule has 1 atom stereocenters. The first-order valence-corrected chi connectivity index (χ1v) is 8.27. The second kappa shape index (κ2) is 6.39. The third-order valence-electron chi connectivity index (χ3n) is 3.34. The Kier molecular flexibility index (Phi) is 5.38. The molecule has 0 amide bonds. The molecule has 0 aliphatic rings. The van der Waals surface area contributed by atoms with Crippen molar-refractivity contribution >= 4 is 9.84 Å². The first-order valence-electron chi connectivity index (χ1n) is 6.44. The van der Waals surface area contributed by atoms with Crippen LogP contribution in [-0.2, 0) is 15.4 Å². The smallest absolute Gasteiger partial charge is 0.150 e. The van der Waals surface area contributed by atoms with E-state index < -0.39 is 15.4 Å². The quantitative estimate of drug-likeness (QED) is 0.832. The van der Waals surface area contributed by atoms with Gasteiger partial charge >= 0.3 is 0 Å². The fourth-order valence-corrected chi connectivity index (χ4v) is 2.79. The maximum atomic E-state index is 11.4. The summed E-state index contributed by atoms with van der Waals surface area (Å²) < 4.78 is 28.0. The van der Waals surface area contributed by atoms with E-state index in [9.17, 15) is 8.42 Å². The zero-order valence-corrected chi connectivity index (χ0v) is 12.7. The van der Waals surface area contributed by atoms with E-state index >= 15 is 0 Å². The Bertz CT molecular complexity index is 492. The van der Waals surface area contributed by atoms with Crippen LogP contribution in [0.4, 0.5) is 0 Å². The molecule has 0 bridgehead atoms. The predicted octanol–water partition coefficient (Wildman–Crippen LogP) is 2.08. The topological polar surface area (TPSA) is 69.4 Å². The Morgan fingerprint density at radius 1 is 1.26 bits per heavy atom. The van der Waals surface area contributed by atoms with Crippen LogP contribution in [0.5, 0.6) is 5.75 Å². The summed E-state index contributed by atoms with van der Waals surface area (Å²) in [6.07, 6.45) is 1.22. The third-order valence-corrected chi connectivity index (χ3v) is 5.13. The molecule has 0 aromatic heterocycles. The van der Waals surface area contributed by atoms with E-state index in [4.69, 9.17) is 10.5 Å². The van der Waals surface area contributed by atoms with Crippen molar-refractivity contribution in [2.45, 2.75) is 32.2 Å². The molecule has 1 rings (SSSR count). The number of sulfone groups is 1. The summed E-state index contributed by atoms with van der Waals surface area (Å²) in [4.78, 5) is 0. The van der Waals surface area contributed by atoms with E-state index in [1.165, 1.54) is 0 Å². The molecule has 108 valence electrons. The van der Waals surface area contributed by atoms with E-state index in [0.29, 0.717) is 12.8 Å². The van der Waals surface area contributed by atoms with Crippen LogP contribution < -0.4 is 10.5 Å². The average molecular weight is 285 g/mol. The van der Waals surface area contributed by atoms with Gasteiger partial charge < -0.3 is 10.5 Å². The molecule has 0 saturated carbocycles. The summed E-state index contributed by atoms with van der Waals surface area (Å²) in [6, 6.07) is 7.58. The van der Waals surface area contributed by atoms with Gasteiger partial charge in [-0.1, -0.05) is 19.1 Å². The van der Waals surface area contributed by atoms with Crippen molar-refractivity contribution in [1.29, 1.82) is 0 Å². The standard InChI is InChI=1S/C14H23NO3S/c1-4-19(16,17)11-5-10-14(2,15)12-6-8-13(18-3)9-7-12/h6-9H,4-5,10-11,15H2,1-3H3. The van der Waals surface area contributed by atoms with Gasteiger partial charge in [-0.2, -0.15) is 0 Å². The van der Waals surface area contributed by atoms with Gasteiger partial charge in [-0.05, 0) is 37.5 Å². The number of hydrogen-bond acceptors (Lipinski definition) is 4. The lowest BCUT2D eigenvalue weighted by Gasteiger charge is -2.25. The lowest BCUT2D eigenvalue weighted by molar-refractivity contribution is 0.412. The van der Waals surface area contributed by atoms with Gasteiger partial charge in [0.1, 0.15) is 15.6 Å². The van der Waals surface area contributed by atoms with Crippen molar-refractivity contribution < 1.29 is 13.2 Å². The van der Waals surface area contributed by atoms with Crippen molar-refractivity contribution in [2.24, 2.45) is 5.73 Å². The minimum Gasteiger partial charge on any atom is -0.497 e. The number of rotatable bonds is 7. The Labute approximate surface area is 115 Å². The molecular formula is C14H23NO3S. The maximum Gasteiger partial charge on any atom is 0.150 e. The molecule has 19 heavy (non-hydrogen) atoms. The summed E-state index contributed by atoms with van der Waals surface area (Å²) in [5.74, 6) is 1.18. The second-order valence-corrected chi connectivity index (χ2v) is 7.46. The average Bonchev–Trinajstić information content (AvgIpc) is 2.38. The van der Waals surface area contributed by atoms with E-state index in [2.05, 4.69) is 0 Å². The van der Waals surface area contributed by atoms with Gasteiger partial charge in [-0.3, -0.25) is 0 Å². The van der Waals surface area contributed by atoms with E-state index in [0.717, 1.165) is 11.3 Å². The van der Waals surface area contributed by atoms with Gasteiger partial charge in [0.25, 0.3) is 0 Å². The first kappa shape index (κ1) is 16.0. The Morgan fingerprint density at radius 2 is 1.84 bits per heavy atom. The first-order chi connectivity index (χ1) is 8.80. The molecule has 0 aliphatic heterocycles. The lowest BCUT2D eigenvalue weighted by Crippen LogP contribution is -2.33. The summed E-state index contributed by atoms with van der Waals surface area (Å²) in [5.41, 5.74) is 6.73. The number of methoxy groups -OCH3 is 1. The van der Waals surface area contributed by atoms with Crippen molar-refractivity contribution in [3.8, 4) is 5.75 Å². The summed E-state index contributed by atoms with van der Waals surface area (Å²) >= 11 is 0. The van der Waals surface area contributed by atoms with Gasteiger partial charge in [-0.25, -0.2) is 8.42 Å². The van der Waals surface area contributed by atoms with E-state index in [-0.39, 0.29) is 11.5 Å². The Morgan fingerprint density at radius 3 is 2.32 bits per heavy atom. The summed E-state index contributed by atoms with van der Waals surface area (Å²) in [7, 11) is -1.29. The molecule has 1 aromatic carbocycles. The summed E-state index contributed by atoms with van der Waals surface area (Å²) in [6.45, 7) is 3.59. The molecule has 0 saturated heterocycles. The molecule has 0 radical (unpaired) electrons. The van der Waals surface area contributed by atoms with Gasteiger partial charge in [0.15, 0.2) is 0 Å². The van der Waals surface area contributed by atoms with E-state index in [1.807, 2.05) is 31.2 Å². The lowest BCUT2D eigenvalue weighted by atomic mass is 9.89. The minimum absolute atomic E-state index is 0.191. The second-order valence-electron chi connectivity index (χ2n) is 4.99. The van der Waals surface area contributed by atoms with Crippen LogP contribution in [0.1, 0.15) is 32.3 Å². The number of hydrogen-bond donors (Lipinski definition) is 1. The van der Waals surface area contributed by atoms with Gasteiger partial charge in [0.2, 0.25) is 0 Å². The predicted molar refractivity (Wildman–Crippen MR) is 78.1 cm³/mol. The highest BCUT2D eigenvalue weighted by Gasteiger charge is 2.21. The molecule has 0 spiro atoms. The van der Waals surface area contributed by atoms with Crippen LogP contribution in [-0.4, -0.2) is 27.0 Å². The largest absolute Gasteiger partial charge is 0.497 e. The van der Waals surface area contributed by atoms with Crippen LogP contribution in [0.3, 0.4) is 0 Å². The molecule has 5 heteroatoms. The number of benzene rings is 1. The highest BCUT2D eigenvalue weighted by molar-refractivity contribution is 7.91. The highest BCUT2D eigenvalue weighted by Crippen LogP contribution is 2.25. The normalized spacial score (nSPS) is 14.9. The van der Waals surface area contributed by atoms with Gasteiger partial charge in [-0.15, -0.1) is 0 Å². The minimum atomic E-state index is -2.91. The molecule has 2 N–H and O–H groups in total. The van der Waals surface area contributed by atoms with Crippen LogP contribution in [0.15, 0.2) is 24.3 Å². The zero-order chi connectivity index (χ0) is 14.5. The van der Waals surface area contributed by atoms with Gasteiger partial charge in [0, 0.05) is 11.3 Å². The molecule has 4 nitrogen and oxygen atoms in total. The molecule has 0 aliphatic carbocycles. The molecule has 0 heterocycles.